The van der Waals surface area contributed by atoms with Gasteiger partial charge in [0.05, 0.1) is 0 Å². The van der Waals surface area contributed by atoms with Crippen LogP contribution in [-0.2, 0) is 10.0 Å². The number of rotatable bonds is 3. The van der Waals surface area contributed by atoms with E-state index in [1.54, 1.807) is 18.5 Å². The third kappa shape index (κ3) is 2.85. The van der Waals surface area contributed by atoms with Gasteiger partial charge in [0.15, 0.2) is 0 Å². The summed E-state index contributed by atoms with van der Waals surface area (Å²) in [5.41, 5.74) is 0. The van der Waals surface area contributed by atoms with Gasteiger partial charge in [-0.2, -0.15) is 4.31 Å². The lowest BCUT2D eigenvalue weighted by atomic mass is 10.4. The number of alkyl halides is 1. The van der Waals surface area contributed by atoms with Crippen LogP contribution in [0.15, 0.2) is 18.5 Å². The zero-order valence-electron chi connectivity index (χ0n) is 9.16. The first-order chi connectivity index (χ1) is 8.13. The average Bonchev–Trinajstić information content (AvgIpc) is 2.40. The predicted molar refractivity (Wildman–Crippen MR) is 65.5 cm³/mol. The molecule has 1 aliphatic heterocycles. The quantitative estimate of drug-likeness (QED) is 0.734. The summed E-state index contributed by atoms with van der Waals surface area (Å²) < 4.78 is 24.5. The van der Waals surface area contributed by atoms with Crippen molar-refractivity contribution in [1.29, 1.82) is 0 Å². The van der Waals surface area contributed by atoms with Crippen LogP contribution in [-0.4, -0.2) is 54.1 Å². The van der Waals surface area contributed by atoms with E-state index in [0.717, 1.165) is 0 Å². The fourth-order valence-electron chi connectivity index (χ4n) is 1.69. The minimum absolute atomic E-state index is 0.366. The molecule has 0 N–H and O–H groups in total. The van der Waals surface area contributed by atoms with E-state index in [1.165, 1.54) is 4.31 Å². The van der Waals surface area contributed by atoms with E-state index in [4.69, 9.17) is 11.6 Å². The van der Waals surface area contributed by atoms with Crippen molar-refractivity contribution >= 4 is 27.6 Å². The molecule has 8 heteroatoms. The van der Waals surface area contributed by atoms with Gasteiger partial charge in [0, 0.05) is 38.6 Å². The van der Waals surface area contributed by atoms with Crippen LogP contribution in [0.5, 0.6) is 0 Å². The number of anilines is 1. The largest absolute Gasteiger partial charge is 0.338 e. The lowest BCUT2D eigenvalue weighted by Gasteiger charge is -2.33. The van der Waals surface area contributed by atoms with Gasteiger partial charge in [-0.3, -0.25) is 0 Å². The molecular formula is C9H13ClN4O2S. The Kier molecular flexibility index (Phi) is 3.80. The molecular weight excluding hydrogens is 264 g/mol. The number of halogens is 1. The van der Waals surface area contributed by atoms with Crippen LogP contribution in [0.3, 0.4) is 0 Å². The summed E-state index contributed by atoms with van der Waals surface area (Å²) in [6, 6.07) is 1.75. The second-order valence-electron chi connectivity index (χ2n) is 3.66. The molecule has 0 amide bonds. The van der Waals surface area contributed by atoms with E-state index in [2.05, 4.69) is 9.97 Å². The molecule has 1 aliphatic rings. The molecule has 2 rings (SSSR count). The Labute approximate surface area is 105 Å². The summed E-state index contributed by atoms with van der Waals surface area (Å²) in [4.78, 5) is 10.2. The van der Waals surface area contributed by atoms with E-state index >= 15 is 0 Å². The lowest BCUT2D eigenvalue weighted by molar-refractivity contribution is 0.385. The van der Waals surface area contributed by atoms with E-state index in [1.807, 2.05) is 4.90 Å². The number of sulfonamides is 1. The topological polar surface area (TPSA) is 66.4 Å². The minimum atomic E-state index is -3.30. The molecule has 1 aromatic rings. The highest BCUT2D eigenvalue weighted by molar-refractivity contribution is 7.90. The number of piperazine rings is 1. The van der Waals surface area contributed by atoms with E-state index in [-0.39, 0.29) is 5.21 Å². The Morgan fingerprint density at radius 2 is 1.76 bits per heavy atom. The van der Waals surface area contributed by atoms with Gasteiger partial charge in [-0.05, 0) is 6.07 Å². The first kappa shape index (κ1) is 12.5. The summed E-state index contributed by atoms with van der Waals surface area (Å²) in [6.07, 6.45) is 3.34. The second-order valence-corrected chi connectivity index (χ2v) is 6.21. The fourth-order valence-corrected chi connectivity index (χ4v) is 2.96. The fraction of sp³-hybridized carbons (Fsp3) is 0.556. The van der Waals surface area contributed by atoms with Crippen molar-refractivity contribution in [3.05, 3.63) is 18.5 Å². The van der Waals surface area contributed by atoms with Crippen LogP contribution < -0.4 is 4.90 Å². The molecule has 1 aromatic heterocycles. The van der Waals surface area contributed by atoms with Gasteiger partial charge in [-0.25, -0.2) is 18.4 Å². The van der Waals surface area contributed by atoms with E-state index in [0.29, 0.717) is 32.1 Å². The first-order valence-corrected chi connectivity index (χ1v) is 7.33. The van der Waals surface area contributed by atoms with Gasteiger partial charge in [0.2, 0.25) is 16.0 Å². The highest BCUT2D eigenvalue weighted by atomic mass is 35.5. The first-order valence-electron chi connectivity index (χ1n) is 5.19. The van der Waals surface area contributed by atoms with Crippen LogP contribution in [0, 0.1) is 0 Å². The van der Waals surface area contributed by atoms with Gasteiger partial charge in [0.25, 0.3) is 0 Å². The van der Waals surface area contributed by atoms with E-state index < -0.39 is 10.0 Å². The molecule has 1 fully saturated rings. The maximum absolute atomic E-state index is 11.5. The van der Waals surface area contributed by atoms with Crippen LogP contribution >= 0.6 is 11.6 Å². The third-order valence-corrected chi connectivity index (χ3v) is 4.86. The zero-order chi connectivity index (χ0) is 12.3. The SMILES string of the molecule is O=S(=O)(CCl)N1CCN(c2ncccn2)CC1. The smallest absolute Gasteiger partial charge is 0.228 e. The molecule has 0 spiro atoms. The number of aromatic nitrogens is 2. The molecule has 0 saturated carbocycles. The summed E-state index contributed by atoms with van der Waals surface area (Å²) in [7, 11) is -3.30. The summed E-state index contributed by atoms with van der Waals surface area (Å²) >= 11 is 5.41. The number of hydrogen-bond donors (Lipinski definition) is 0. The average molecular weight is 277 g/mol. The van der Waals surface area contributed by atoms with Crippen LogP contribution in [0.2, 0.25) is 0 Å². The Bertz CT molecular complexity index is 459. The molecule has 17 heavy (non-hydrogen) atoms. The molecule has 0 unspecified atom stereocenters. The van der Waals surface area contributed by atoms with Crippen LogP contribution in [0.4, 0.5) is 5.95 Å². The number of nitrogens with zero attached hydrogens (tertiary/aromatic N) is 4. The normalized spacial score (nSPS) is 18.3. The summed E-state index contributed by atoms with van der Waals surface area (Å²) in [6.45, 7) is 2.01. The molecule has 0 radical (unpaired) electrons. The molecule has 0 bridgehead atoms. The van der Waals surface area contributed by atoms with Crippen molar-refractivity contribution in [2.24, 2.45) is 0 Å². The van der Waals surface area contributed by atoms with Gasteiger partial charge < -0.3 is 4.90 Å². The van der Waals surface area contributed by atoms with Gasteiger partial charge in [-0.1, -0.05) is 0 Å². The van der Waals surface area contributed by atoms with Gasteiger partial charge in [0.1, 0.15) is 5.21 Å². The molecule has 94 valence electrons. The molecule has 6 nitrogen and oxygen atoms in total. The minimum Gasteiger partial charge on any atom is -0.338 e. The van der Waals surface area contributed by atoms with Crippen LogP contribution in [0.1, 0.15) is 0 Å². The monoisotopic (exact) mass is 276 g/mol. The van der Waals surface area contributed by atoms with Crippen molar-refractivity contribution in [2.75, 3.05) is 36.3 Å². The van der Waals surface area contributed by atoms with Crippen LogP contribution in [0.25, 0.3) is 0 Å². The van der Waals surface area contributed by atoms with Crippen molar-refractivity contribution < 1.29 is 8.42 Å². The van der Waals surface area contributed by atoms with Gasteiger partial charge in [-0.15, -0.1) is 11.6 Å². The Morgan fingerprint density at radius 1 is 1.18 bits per heavy atom. The Morgan fingerprint density at radius 3 is 2.29 bits per heavy atom. The number of hydrogen-bond acceptors (Lipinski definition) is 5. The summed E-state index contributed by atoms with van der Waals surface area (Å²) in [5, 5.41) is -0.366. The lowest BCUT2D eigenvalue weighted by Crippen LogP contribution is -2.49. The highest BCUT2D eigenvalue weighted by Crippen LogP contribution is 2.13. The summed E-state index contributed by atoms with van der Waals surface area (Å²) in [5.74, 6) is 0.635. The van der Waals surface area contributed by atoms with E-state index in [9.17, 15) is 8.42 Å². The Balaban J connectivity index is 2.00. The van der Waals surface area contributed by atoms with Crippen molar-refractivity contribution in [1.82, 2.24) is 14.3 Å². The van der Waals surface area contributed by atoms with Crippen molar-refractivity contribution in [3.63, 3.8) is 0 Å². The Hall–Kier alpha value is -0.920. The third-order valence-electron chi connectivity index (χ3n) is 2.60. The second kappa shape index (κ2) is 5.16. The van der Waals surface area contributed by atoms with Crippen molar-refractivity contribution in [3.8, 4) is 0 Å². The molecule has 1 saturated heterocycles. The molecule has 0 aromatic carbocycles. The maximum Gasteiger partial charge on any atom is 0.228 e. The predicted octanol–water partition coefficient (Wildman–Crippen LogP) is 0.125. The zero-order valence-corrected chi connectivity index (χ0v) is 10.7. The van der Waals surface area contributed by atoms with Crippen molar-refractivity contribution in [2.45, 2.75) is 0 Å². The highest BCUT2D eigenvalue weighted by Gasteiger charge is 2.26. The molecule has 2 heterocycles. The molecule has 0 aliphatic carbocycles. The maximum atomic E-state index is 11.5. The standard InChI is InChI=1S/C9H13ClN4O2S/c10-8-17(15,16)14-6-4-13(5-7-14)9-11-2-1-3-12-9/h1-3H,4-8H2. The van der Waals surface area contributed by atoms with Gasteiger partial charge >= 0.3 is 0 Å². The molecule has 0 atom stereocenters.